The van der Waals surface area contributed by atoms with Crippen LogP contribution < -0.4 is 5.32 Å². The highest BCUT2D eigenvalue weighted by Crippen LogP contribution is 2.25. The fourth-order valence-corrected chi connectivity index (χ4v) is 2.88. The van der Waals surface area contributed by atoms with Crippen molar-refractivity contribution in [2.24, 2.45) is 0 Å². The Morgan fingerprint density at radius 3 is 2.79 bits per heavy atom. The van der Waals surface area contributed by atoms with Crippen LogP contribution in [0.2, 0.25) is 0 Å². The number of hydrogen-bond acceptors (Lipinski definition) is 3. The van der Waals surface area contributed by atoms with Gasteiger partial charge in [-0.2, -0.15) is 0 Å². The highest BCUT2D eigenvalue weighted by Gasteiger charge is 2.21. The van der Waals surface area contributed by atoms with Crippen LogP contribution in [-0.4, -0.2) is 23.0 Å². The second kappa shape index (κ2) is 5.84. The fourth-order valence-electron chi connectivity index (χ4n) is 1.94. The number of carbonyl (C=O) groups excluding carboxylic acids is 1. The Balaban J connectivity index is 2.22. The molecule has 0 saturated heterocycles. The lowest BCUT2D eigenvalue weighted by Crippen LogP contribution is -2.40. The van der Waals surface area contributed by atoms with E-state index in [1.165, 1.54) is 11.3 Å². The number of aliphatic carboxylic acids is 1. The van der Waals surface area contributed by atoms with Crippen molar-refractivity contribution < 1.29 is 14.7 Å². The highest BCUT2D eigenvalue weighted by molar-refractivity contribution is 7.17. The van der Waals surface area contributed by atoms with Gasteiger partial charge in [0.05, 0.1) is 5.56 Å². The molecule has 2 aromatic rings. The molecule has 1 heterocycles. The number of carbonyl (C=O) groups is 2. The molecule has 5 heteroatoms. The first-order valence-electron chi connectivity index (χ1n) is 6.13. The molecule has 1 aromatic carbocycles. The van der Waals surface area contributed by atoms with E-state index < -0.39 is 12.0 Å². The minimum absolute atomic E-state index is 0.321. The van der Waals surface area contributed by atoms with Gasteiger partial charge < -0.3 is 10.4 Å². The predicted octanol–water partition coefficient (Wildman–Crippen LogP) is 2.88. The zero-order valence-electron chi connectivity index (χ0n) is 10.6. The molecule has 0 saturated carbocycles. The third-order valence-corrected chi connectivity index (χ3v) is 3.87. The van der Waals surface area contributed by atoms with Crippen molar-refractivity contribution in [2.45, 2.75) is 25.8 Å². The number of benzene rings is 1. The summed E-state index contributed by atoms with van der Waals surface area (Å²) in [6.07, 6.45) is 1.14. The van der Waals surface area contributed by atoms with Gasteiger partial charge in [0.15, 0.2) is 0 Å². The average molecular weight is 277 g/mol. The van der Waals surface area contributed by atoms with Crippen molar-refractivity contribution in [3.05, 3.63) is 35.2 Å². The summed E-state index contributed by atoms with van der Waals surface area (Å²) in [6.45, 7) is 1.89. The normalized spacial score (nSPS) is 12.3. The van der Waals surface area contributed by atoms with Crippen LogP contribution in [-0.2, 0) is 4.79 Å². The lowest BCUT2D eigenvalue weighted by Gasteiger charge is -2.13. The van der Waals surface area contributed by atoms with Crippen molar-refractivity contribution in [1.29, 1.82) is 0 Å². The molecule has 1 amide bonds. The van der Waals surface area contributed by atoms with Gasteiger partial charge >= 0.3 is 5.97 Å². The molecule has 0 aliphatic heterocycles. The van der Waals surface area contributed by atoms with Gasteiger partial charge in [-0.3, -0.25) is 4.79 Å². The van der Waals surface area contributed by atoms with E-state index in [-0.39, 0.29) is 5.91 Å². The molecule has 1 unspecified atom stereocenters. The first-order valence-corrected chi connectivity index (χ1v) is 7.01. The molecule has 0 bridgehead atoms. The Morgan fingerprint density at radius 1 is 1.37 bits per heavy atom. The van der Waals surface area contributed by atoms with E-state index in [1.807, 2.05) is 31.2 Å². The molecule has 0 spiro atoms. The summed E-state index contributed by atoms with van der Waals surface area (Å²) in [6, 6.07) is 6.77. The fraction of sp³-hybridized carbons (Fsp3) is 0.286. The monoisotopic (exact) mass is 277 g/mol. The zero-order valence-corrected chi connectivity index (χ0v) is 11.4. The number of fused-ring (bicyclic) bond motifs is 1. The summed E-state index contributed by atoms with van der Waals surface area (Å²) >= 11 is 1.48. The Bertz CT molecular complexity index is 606. The van der Waals surface area contributed by atoms with Gasteiger partial charge in [0, 0.05) is 15.5 Å². The van der Waals surface area contributed by atoms with Crippen LogP contribution in [0, 0.1) is 0 Å². The van der Waals surface area contributed by atoms with E-state index >= 15 is 0 Å². The van der Waals surface area contributed by atoms with Crippen LogP contribution in [0.15, 0.2) is 29.6 Å². The summed E-state index contributed by atoms with van der Waals surface area (Å²) in [5, 5.41) is 14.3. The molecule has 0 fully saturated rings. The second-order valence-corrected chi connectivity index (χ2v) is 5.21. The number of carboxylic acids is 1. The topological polar surface area (TPSA) is 66.4 Å². The molecule has 2 N–H and O–H groups in total. The number of hydrogen-bond donors (Lipinski definition) is 2. The average Bonchev–Trinajstić information content (AvgIpc) is 2.81. The standard InChI is InChI=1S/C14H15NO3S/c1-2-5-11(14(17)18)15-13(16)10-8-19-12-7-4-3-6-9(10)12/h3-4,6-8,11H,2,5H2,1H3,(H,15,16)(H,17,18). The van der Waals surface area contributed by atoms with Gasteiger partial charge in [-0.15, -0.1) is 11.3 Å². The maximum Gasteiger partial charge on any atom is 0.326 e. The molecule has 2 rings (SSSR count). The van der Waals surface area contributed by atoms with Crippen LogP contribution >= 0.6 is 11.3 Å². The van der Waals surface area contributed by atoms with Crippen molar-refractivity contribution in [1.82, 2.24) is 5.32 Å². The molecule has 0 aliphatic rings. The van der Waals surface area contributed by atoms with Gasteiger partial charge in [-0.25, -0.2) is 4.79 Å². The maximum atomic E-state index is 12.1. The molecular weight excluding hydrogens is 262 g/mol. The summed E-state index contributed by atoms with van der Waals surface area (Å²) < 4.78 is 1.02. The van der Waals surface area contributed by atoms with Gasteiger partial charge in [-0.05, 0) is 12.5 Å². The molecule has 0 aliphatic carbocycles. The van der Waals surface area contributed by atoms with Gasteiger partial charge in [0.2, 0.25) is 0 Å². The van der Waals surface area contributed by atoms with Crippen LogP contribution in [0.4, 0.5) is 0 Å². The summed E-state index contributed by atoms with van der Waals surface area (Å²) in [5.74, 6) is -1.31. The summed E-state index contributed by atoms with van der Waals surface area (Å²) in [5.41, 5.74) is 0.544. The van der Waals surface area contributed by atoms with E-state index in [1.54, 1.807) is 5.38 Å². The van der Waals surface area contributed by atoms with Crippen LogP contribution in [0.3, 0.4) is 0 Å². The summed E-state index contributed by atoms with van der Waals surface area (Å²) in [4.78, 5) is 23.2. The van der Waals surface area contributed by atoms with Crippen molar-refractivity contribution in [2.75, 3.05) is 0 Å². The molecule has 19 heavy (non-hydrogen) atoms. The minimum atomic E-state index is -0.991. The number of rotatable bonds is 5. The van der Waals surface area contributed by atoms with Crippen LogP contribution in [0.25, 0.3) is 10.1 Å². The first-order chi connectivity index (χ1) is 9.13. The lowest BCUT2D eigenvalue weighted by molar-refractivity contribution is -0.139. The molecular formula is C14H15NO3S. The van der Waals surface area contributed by atoms with Crippen molar-refractivity contribution in [3.63, 3.8) is 0 Å². The van der Waals surface area contributed by atoms with E-state index in [0.29, 0.717) is 18.4 Å². The number of thiophene rings is 1. The lowest BCUT2D eigenvalue weighted by atomic mass is 10.1. The third kappa shape index (κ3) is 2.93. The summed E-state index contributed by atoms with van der Waals surface area (Å²) in [7, 11) is 0. The quantitative estimate of drug-likeness (QED) is 0.883. The van der Waals surface area contributed by atoms with E-state index in [0.717, 1.165) is 10.1 Å². The Kier molecular flexibility index (Phi) is 4.16. The molecule has 1 atom stereocenters. The molecule has 1 aromatic heterocycles. The van der Waals surface area contributed by atoms with E-state index in [4.69, 9.17) is 5.11 Å². The van der Waals surface area contributed by atoms with Gasteiger partial charge in [-0.1, -0.05) is 31.5 Å². The Labute approximate surface area is 115 Å². The molecule has 0 radical (unpaired) electrons. The van der Waals surface area contributed by atoms with Gasteiger partial charge in [0.25, 0.3) is 5.91 Å². The number of nitrogens with one attached hydrogen (secondary N) is 1. The van der Waals surface area contributed by atoms with Gasteiger partial charge in [0.1, 0.15) is 6.04 Å². The van der Waals surface area contributed by atoms with Crippen LogP contribution in [0.1, 0.15) is 30.1 Å². The van der Waals surface area contributed by atoms with E-state index in [2.05, 4.69) is 5.32 Å². The van der Waals surface area contributed by atoms with Crippen molar-refractivity contribution >= 4 is 33.3 Å². The molecule has 100 valence electrons. The second-order valence-electron chi connectivity index (χ2n) is 4.30. The third-order valence-electron chi connectivity index (χ3n) is 2.91. The zero-order chi connectivity index (χ0) is 13.8. The first kappa shape index (κ1) is 13.5. The predicted molar refractivity (Wildman–Crippen MR) is 75.6 cm³/mol. The van der Waals surface area contributed by atoms with E-state index in [9.17, 15) is 9.59 Å². The largest absolute Gasteiger partial charge is 0.480 e. The smallest absolute Gasteiger partial charge is 0.326 e. The number of amides is 1. The Hall–Kier alpha value is -1.88. The Morgan fingerprint density at radius 2 is 2.11 bits per heavy atom. The highest BCUT2D eigenvalue weighted by atomic mass is 32.1. The van der Waals surface area contributed by atoms with Crippen molar-refractivity contribution in [3.8, 4) is 0 Å². The molecule has 4 nitrogen and oxygen atoms in total. The maximum absolute atomic E-state index is 12.1. The number of carboxylic acid groups (broad SMARTS) is 1. The van der Waals surface area contributed by atoms with Crippen LogP contribution in [0.5, 0.6) is 0 Å². The SMILES string of the molecule is CCCC(NC(=O)c1csc2ccccc12)C(=O)O. The minimum Gasteiger partial charge on any atom is -0.480 e.